The number of aliphatic hydroxyl groups is 1. The minimum absolute atomic E-state index is 0.185. The van der Waals surface area contributed by atoms with Crippen molar-refractivity contribution in [2.45, 2.75) is 31.8 Å². The third-order valence-electron chi connectivity index (χ3n) is 1.77. The molecule has 0 amide bonds. The van der Waals surface area contributed by atoms with Crippen molar-refractivity contribution in [2.24, 2.45) is 0 Å². The van der Waals surface area contributed by atoms with Crippen molar-refractivity contribution in [3.05, 3.63) is 0 Å². The minimum atomic E-state index is -0.530. The van der Waals surface area contributed by atoms with Crippen LogP contribution in [0.5, 0.6) is 0 Å². The summed E-state index contributed by atoms with van der Waals surface area (Å²) < 4.78 is 4.76. The molecule has 1 rings (SSSR count). The van der Waals surface area contributed by atoms with Crippen LogP contribution in [0.4, 0.5) is 0 Å². The third-order valence-corrected chi connectivity index (χ3v) is 1.77. The number of esters is 1. The lowest BCUT2D eigenvalue weighted by Gasteiger charge is -2.13. The molecule has 0 saturated heterocycles. The molecule has 0 bridgehead atoms. The SMILES string of the molecule is CCOC(=O)C(CO)NC1CC1. The van der Waals surface area contributed by atoms with Crippen molar-refractivity contribution in [3.8, 4) is 0 Å². The molecule has 1 saturated carbocycles. The third kappa shape index (κ3) is 2.79. The monoisotopic (exact) mass is 173 g/mol. The van der Waals surface area contributed by atoms with Crippen molar-refractivity contribution in [1.82, 2.24) is 5.32 Å². The van der Waals surface area contributed by atoms with Crippen LogP contribution >= 0.6 is 0 Å². The van der Waals surface area contributed by atoms with Crippen LogP contribution in [-0.4, -0.2) is 36.4 Å². The zero-order valence-corrected chi connectivity index (χ0v) is 7.25. The highest BCUT2D eigenvalue weighted by Gasteiger charge is 2.28. The fraction of sp³-hybridized carbons (Fsp3) is 0.875. The number of hydrogen-bond acceptors (Lipinski definition) is 4. The zero-order chi connectivity index (χ0) is 8.97. The fourth-order valence-electron chi connectivity index (χ4n) is 0.973. The summed E-state index contributed by atoms with van der Waals surface area (Å²) in [5.74, 6) is -0.355. The Bertz CT molecular complexity index is 156. The Hall–Kier alpha value is -0.610. The van der Waals surface area contributed by atoms with E-state index in [4.69, 9.17) is 9.84 Å². The van der Waals surface area contributed by atoms with Crippen molar-refractivity contribution in [1.29, 1.82) is 0 Å². The van der Waals surface area contributed by atoms with Gasteiger partial charge in [-0.05, 0) is 19.8 Å². The first-order valence-corrected chi connectivity index (χ1v) is 4.31. The van der Waals surface area contributed by atoms with Crippen LogP contribution < -0.4 is 5.32 Å². The topological polar surface area (TPSA) is 58.6 Å². The molecular formula is C8H15NO3. The zero-order valence-electron chi connectivity index (χ0n) is 7.25. The van der Waals surface area contributed by atoms with Gasteiger partial charge in [-0.2, -0.15) is 0 Å². The van der Waals surface area contributed by atoms with Gasteiger partial charge in [-0.15, -0.1) is 0 Å². The van der Waals surface area contributed by atoms with E-state index in [9.17, 15) is 4.79 Å². The number of nitrogens with one attached hydrogen (secondary N) is 1. The lowest BCUT2D eigenvalue weighted by atomic mass is 10.3. The van der Waals surface area contributed by atoms with E-state index in [1.165, 1.54) is 0 Å². The molecular weight excluding hydrogens is 158 g/mol. The van der Waals surface area contributed by atoms with Gasteiger partial charge in [0.25, 0.3) is 0 Å². The molecule has 0 aliphatic heterocycles. The predicted octanol–water partition coefficient (Wildman–Crippen LogP) is -0.338. The molecule has 1 fully saturated rings. The van der Waals surface area contributed by atoms with E-state index in [1.807, 2.05) is 0 Å². The number of carbonyl (C=O) groups is 1. The highest BCUT2D eigenvalue weighted by atomic mass is 16.5. The van der Waals surface area contributed by atoms with Crippen LogP contribution in [0.3, 0.4) is 0 Å². The summed E-state index contributed by atoms with van der Waals surface area (Å²) in [6, 6.07) is -0.121. The summed E-state index contributed by atoms with van der Waals surface area (Å²) in [5.41, 5.74) is 0. The molecule has 0 aromatic rings. The average Bonchev–Trinajstić information content (AvgIpc) is 2.84. The van der Waals surface area contributed by atoms with Crippen LogP contribution in [-0.2, 0) is 9.53 Å². The summed E-state index contributed by atoms with van der Waals surface area (Å²) in [4.78, 5) is 11.1. The Morgan fingerprint density at radius 1 is 1.75 bits per heavy atom. The van der Waals surface area contributed by atoms with Crippen molar-refractivity contribution >= 4 is 5.97 Å². The van der Waals surface area contributed by atoms with Crippen LogP contribution in [0.2, 0.25) is 0 Å². The molecule has 2 N–H and O–H groups in total. The van der Waals surface area contributed by atoms with E-state index in [2.05, 4.69) is 5.32 Å². The molecule has 0 heterocycles. The summed E-state index contributed by atoms with van der Waals surface area (Å²) >= 11 is 0. The van der Waals surface area contributed by atoms with Crippen LogP contribution in [0.25, 0.3) is 0 Å². The van der Waals surface area contributed by atoms with E-state index in [1.54, 1.807) is 6.92 Å². The number of rotatable bonds is 5. The predicted molar refractivity (Wildman–Crippen MR) is 43.7 cm³/mol. The van der Waals surface area contributed by atoms with Gasteiger partial charge in [-0.1, -0.05) is 0 Å². The summed E-state index contributed by atoms with van der Waals surface area (Å²) in [7, 11) is 0. The van der Waals surface area contributed by atoms with Gasteiger partial charge in [0, 0.05) is 6.04 Å². The Kier molecular flexibility index (Phi) is 3.49. The summed E-state index contributed by atoms with van der Waals surface area (Å²) in [6.45, 7) is 1.93. The second kappa shape index (κ2) is 4.42. The van der Waals surface area contributed by atoms with Crippen molar-refractivity contribution in [3.63, 3.8) is 0 Å². The molecule has 0 aromatic heterocycles. The molecule has 1 atom stereocenters. The van der Waals surface area contributed by atoms with Gasteiger partial charge in [0.15, 0.2) is 0 Å². The van der Waals surface area contributed by atoms with Gasteiger partial charge in [-0.25, -0.2) is 0 Å². The molecule has 4 nitrogen and oxygen atoms in total. The molecule has 0 radical (unpaired) electrons. The maximum absolute atomic E-state index is 11.1. The molecule has 1 aliphatic carbocycles. The highest BCUT2D eigenvalue weighted by molar-refractivity contribution is 5.76. The van der Waals surface area contributed by atoms with Gasteiger partial charge in [0.2, 0.25) is 0 Å². The first-order chi connectivity index (χ1) is 5.77. The number of aliphatic hydroxyl groups excluding tert-OH is 1. The van der Waals surface area contributed by atoms with E-state index < -0.39 is 6.04 Å². The van der Waals surface area contributed by atoms with Gasteiger partial charge < -0.3 is 9.84 Å². The van der Waals surface area contributed by atoms with Gasteiger partial charge in [0.05, 0.1) is 13.2 Å². The molecule has 1 aliphatic rings. The maximum Gasteiger partial charge on any atom is 0.325 e. The van der Waals surface area contributed by atoms with E-state index >= 15 is 0 Å². The molecule has 0 aromatic carbocycles. The first-order valence-electron chi connectivity index (χ1n) is 4.31. The molecule has 0 spiro atoms. The quantitative estimate of drug-likeness (QED) is 0.558. The van der Waals surface area contributed by atoms with E-state index in [0.29, 0.717) is 12.6 Å². The molecule has 4 heteroatoms. The summed E-state index contributed by atoms with van der Waals surface area (Å²) in [6.07, 6.45) is 2.19. The average molecular weight is 173 g/mol. The van der Waals surface area contributed by atoms with Gasteiger partial charge in [-0.3, -0.25) is 10.1 Å². The Morgan fingerprint density at radius 3 is 2.83 bits per heavy atom. The van der Waals surface area contributed by atoms with E-state index in [0.717, 1.165) is 12.8 Å². The first kappa shape index (κ1) is 9.48. The van der Waals surface area contributed by atoms with Crippen LogP contribution in [0, 0.1) is 0 Å². The Labute approximate surface area is 71.9 Å². The van der Waals surface area contributed by atoms with Crippen LogP contribution in [0.1, 0.15) is 19.8 Å². The fourth-order valence-corrected chi connectivity index (χ4v) is 0.973. The summed E-state index contributed by atoms with van der Waals surface area (Å²) in [5, 5.41) is 11.8. The maximum atomic E-state index is 11.1. The van der Waals surface area contributed by atoms with Gasteiger partial charge in [0.1, 0.15) is 6.04 Å². The number of ether oxygens (including phenoxy) is 1. The number of carbonyl (C=O) groups excluding carboxylic acids is 1. The minimum Gasteiger partial charge on any atom is -0.465 e. The van der Waals surface area contributed by atoms with Crippen molar-refractivity contribution < 1.29 is 14.6 Å². The second-order valence-corrected chi connectivity index (χ2v) is 2.93. The Morgan fingerprint density at radius 2 is 2.42 bits per heavy atom. The van der Waals surface area contributed by atoms with E-state index in [-0.39, 0.29) is 12.6 Å². The highest BCUT2D eigenvalue weighted by Crippen LogP contribution is 2.19. The molecule has 70 valence electrons. The van der Waals surface area contributed by atoms with Crippen molar-refractivity contribution in [2.75, 3.05) is 13.2 Å². The normalized spacial score (nSPS) is 18.8. The smallest absolute Gasteiger partial charge is 0.325 e. The number of hydrogen-bond donors (Lipinski definition) is 2. The lowest BCUT2D eigenvalue weighted by Crippen LogP contribution is -2.42. The van der Waals surface area contributed by atoms with Crippen LogP contribution in [0.15, 0.2) is 0 Å². The lowest BCUT2D eigenvalue weighted by molar-refractivity contribution is -0.146. The standard InChI is InChI=1S/C8H15NO3/c1-2-12-8(11)7(5-10)9-6-3-4-6/h6-7,9-10H,2-5H2,1H3. The second-order valence-electron chi connectivity index (χ2n) is 2.93. The molecule has 1 unspecified atom stereocenters. The largest absolute Gasteiger partial charge is 0.465 e. The van der Waals surface area contributed by atoms with Gasteiger partial charge >= 0.3 is 5.97 Å². The Balaban J connectivity index is 2.26. The molecule has 12 heavy (non-hydrogen) atoms.